The number of morpholine rings is 1. The molecular weight excluding hydrogens is 306 g/mol. The minimum atomic E-state index is 0.192. The second kappa shape index (κ2) is 10.5. The summed E-state index contributed by atoms with van der Waals surface area (Å²) in [6, 6.07) is 0. The van der Waals surface area contributed by atoms with Gasteiger partial charge in [-0.15, -0.1) is 0 Å². The predicted octanol–water partition coefficient (Wildman–Crippen LogP) is 0.0360. The lowest BCUT2D eigenvalue weighted by molar-refractivity contribution is -0.122. The van der Waals surface area contributed by atoms with E-state index in [1.165, 1.54) is 0 Å². The van der Waals surface area contributed by atoms with E-state index in [-0.39, 0.29) is 11.8 Å². The van der Waals surface area contributed by atoms with E-state index >= 15 is 0 Å². The molecule has 1 heterocycles. The van der Waals surface area contributed by atoms with Crippen molar-refractivity contribution in [1.82, 2.24) is 20.9 Å². The van der Waals surface area contributed by atoms with Crippen LogP contribution in [0.3, 0.4) is 0 Å². The van der Waals surface area contributed by atoms with Crippen molar-refractivity contribution in [1.29, 1.82) is 0 Å². The molecule has 24 heavy (non-hydrogen) atoms. The van der Waals surface area contributed by atoms with Crippen LogP contribution in [-0.2, 0) is 9.53 Å². The molecule has 3 N–H and O–H groups in total. The van der Waals surface area contributed by atoms with E-state index in [0.29, 0.717) is 19.0 Å². The van der Waals surface area contributed by atoms with Crippen LogP contribution in [0.25, 0.3) is 0 Å². The minimum Gasteiger partial charge on any atom is -0.379 e. The number of carbonyl (C=O) groups is 1. The first-order valence-electron chi connectivity index (χ1n) is 9.29. The van der Waals surface area contributed by atoms with Gasteiger partial charge in [0.1, 0.15) is 0 Å². The SMILES string of the molecule is CCNC(=NCC(C)CN1CCOCC1)NCCNC(=O)C1CC1. The third-order valence-corrected chi connectivity index (χ3v) is 4.24. The zero-order chi connectivity index (χ0) is 17.2. The Bertz CT molecular complexity index is 406. The molecule has 7 heteroatoms. The molecule has 1 aliphatic carbocycles. The van der Waals surface area contributed by atoms with Gasteiger partial charge in [0.05, 0.1) is 13.2 Å². The quantitative estimate of drug-likeness (QED) is 0.314. The highest BCUT2D eigenvalue weighted by Crippen LogP contribution is 2.28. The first-order chi connectivity index (χ1) is 11.7. The molecular formula is C17H33N5O2. The molecule has 2 aliphatic rings. The average Bonchev–Trinajstić information content (AvgIpc) is 3.42. The van der Waals surface area contributed by atoms with Gasteiger partial charge in [0.2, 0.25) is 5.91 Å². The van der Waals surface area contributed by atoms with Crippen LogP contribution in [0, 0.1) is 11.8 Å². The smallest absolute Gasteiger partial charge is 0.223 e. The van der Waals surface area contributed by atoms with Crippen LogP contribution in [0.15, 0.2) is 4.99 Å². The Balaban J connectivity index is 1.63. The highest BCUT2D eigenvalue weighted by molar-refractivity contribution is 5.81. The van der Waals surface area contributed by atoms with Gasteiger partial charge in [-0.1, -0.05) is 6.92 Å². The highest BCUT2D eigenvalue weighted by atomic mass is 16.5. The topological polar surface area (TPSA) is 78.0 Å². The molecule has 1 unspecified atom stereocenters. The Morgan fingerprint density at radius 3 is 2.58 bits per heavy atom. The van der Waals surface area contributed by atoms with Gasteiger partial charge >= 0.3 is 0 Å². The van der Waals surface area contributed by atoms with E-state index in [4.69, 9.17) is 4.74 Å². The Morgan fingerprint density at radius 2 is 1.92 bits per heavy atom. The average molecular weight is 339 g/mol. The number of amides is 1. The summed E-state index contributed by atoms with van der Waals surface area (Å²) in [6.45, 7) is 12.0. The van der Waals surface area contributed by atoms with Gasteiger partial charge in [-0.3, -0.25) is 14.7 Å². The van der Waals surface area contributed by atoms with Crippen LogP contribution in [0.1, 0.15) is 26.7 Å². The largest absolute Gasteiger partial charge is 0.379 e. The van der Waals surface area contributed by atoms with Gasteiger partial charge in [0.25, 0.3) is 0 Å². The standard InChI is InChI=1S/C17H33N5O2/c1-3-18-17(20-7-6-19-16(23)15-4-5-15)21-12-14(2)13-22-8-10-24-11-9-22/h14-15H,3-13H2,1-2H3,(H,19,23)(H2,18,20,21). The lowest BCUT2D eigenvalue weighted by Gasteiger charge is -2.28. The van der Waals surface area contributed by atoms with Gasteiger partial charge < -0.3 is 20.7 Å². The van der Waals surface area contributed by atoms with Gasteiger partial charge in [-0.2, -0.15) is 0 Å². The van der Waals surface area contributed by atoms with Crippen LogP contribution in [-0.4, -0.2) is 75.8 Å². The zero-order valence-electron chi connectivity index (χ0n) is 15.1. The molecule has 1 aliphatic heterocycles. The van der Waals surface area contributed by atoms with Crippen molar-refractivity contribution in [3.8, 4) is 0 Å². The normalized spacial score (nSPS) is 20.5. The van der Waals surface area contributed by atoms with Gasteiger partial charge in [-0.25, -0.2) is 0 Å². The van der Waals surface area contributed by atoms with E-state index in [9.17, 15) is 4.79 Å². The van der Waals surface area contributed by atoms with Crippen LogP contribution < -0.4 is 16.0 Å². The summed E-state index contributed by atoms with van der Waals surface area (Å²) < 4.78 is 5.38. The van der Waals surface area contributed by atoms with Crippen molar-refractivity contribution in [3.63, 3.8) is 0 Å². The van der Waals surface area contributed by atoms with Crippen molar-refractivity contribution in [2.45, 2.75) is 26.7 Å². The molecule has 0 aromatic rings. The Kier molecular flexibility index (Phi) is 8.32. The summed E-state index contributed by atoms with van der Waals surface area (Å²) in [5.41, 5.74) is 0. The van der Waals surface area contributed by atoms with E-state index < -0.39 is 0 Å². The number of guanidine groups is 1. The van der Waals surface area contributed by atoms with Gasteiger partial charge in [-0.05, 0) is 25.7 Å². The molecule has 0 spiro atoms. The Morgan fingerprint density at radius 1 is 1.21 bits per heavy atom. The maximum absolute atomic E-state index is 11.6. The van der Waals surface area contributed by atoms with E-state index in [0.717, 1.165) is 64.7 Å². The fraction of sp³-hybridized carbons (Fsp3) is 0.882. The fourth-order valence-electron chi connectivity index (χ4n) is 2.73. The van der Waals surface area contributed by atoms with Crippen molar-refractivity contribution >= 4 is 11.9 Å². The molecule has 7 nitrogen and oxygen atoms in total. The van der Waals surface area contributed by atoms with Crippen LogP contribution in [0.4, 0.5) is 0 Å². The van der Waals surface area contributed by atoms with E-state index in [1.807, 2.05) is 0 Å². The number of carbonyl (C=O) groups excluding carboxylic acids is 1. The number of hydrogen-bond acceptors (Lipinski definition) is 4. The molecule has 0 aromatic heterocycles. The molecule has 0 bridgehead atoms. The minimum absolute atomic E-state index is 0.192. The number of nitrogens with one attached hydrogen (secondary N) is 3. The first kappa shape index (κ1) is 19.0. The van der Waals surface area contributed by atoms with E-state index in [2.05, 4.69) is 39.7 Å². The lowest BCUT2D eigenvalue weighted by Crippen LogP contribution is -2.42. The summed E-state index contributed by atoms with van der Waals surface area (Å²) in [6.07, 6.45) is 2.09. The van der Waals surface area contributed by atoms with E-state index in [1.54, 1.807) is 0 Å². The molecule has 2 rings (SSSR count). The van der Waals surface area contributed by atoms with Crippen LogP contribution in [0.5, 0.6) is 0 Å². The number of hydrogen-bond donors (Lipinski definition) is 3. The number of rotatable bonds is 9. The number of aliphatic imine (C=N–C) groups is 1. The Hall–Kier alpha value is -1.34. The third kappa shape index (κ3) is 7.49. The summed E-state index contributed by atoms with van der Waals surface area (Å²) >= 11 is 0. The van der Waals surface area contributed by atoms with Crippen LogP contribution >= 0.6 is 0 Å². The second-order valence-corrected chi connectivity index (χ2v) is 6.73. The highest BCUT2D eigenvalue weighted by Gasteiger charge is 2.28. The summed E-state index contributed by atoms with van der Waals surface area (Å²) in [5.74, 6) is 1.80. The first-order valence-corrected chi connectivity index (χ1v) is 9.29. The molecule has 1 atom stereocenters. The fourth-order valence-corrected chi connectivity index (χ4v) is 2.73. The second-order valence-electron chi connectivity index (χ2n) is 6.73. The zero-order valence-corrected chi connectivity index (χ0v) is 15.1. The number of ether oxygens (including phenoxy) is 1. The van der Waals surface area contributed by atoms with Crippen LogP contribution in [0.2, 0.25) is 0 Å². The molecule has 138 valence electrons. The summed E-state index contributed by atoms with van der Waals surface area (Å²) in [5, 5.41) is 9.50. The van der Waals surface area contributed by atoms with Crippen molar-refractivity contribution in [2.24, 2.45) is 16.8 Å². The van der Waals surface area contributed by atoms with Gasteiger partial charge in [0.15, 0.2) is 5.96 Å². The maximum atomic E-state index is 11.6. The van der Waals surface area contributed by atoms with Crippen molar-refractivity contribution in [3.05, 3.63) is 0 Å². The third-order valence-electron chi connectivity index (χ3n) is 4.24. The molecule has 1 saturated carbocycles. The molecule has 2 fully saturated rings. The summed E-state index contributed by atoms with van der Waals surface area (Å²) in [7, 11) is 0. The molecule has 1 amide bonds. The maximum Gasteiger partial charge on any atom is 0.223 e. The molecule has 0 radical (unpaired) electrons. The number of nitrogens with zero attached hydrogens (tertiary/aromatic N) is 2. The molecule has 1 saturated heterocycles. The summed E-state index contributed by atoms with van der Waals surface area (Å²) in [4.78, 5) is 18.7. The monoisotopic (exact) mass is 339 g/mol. The lowest BCUT2D eigenvalue weighted by atomic mass is 10.1. The van der Waals surface area contributed by atoms with Crippen molar-refractivity contribution < 1.29 is 9.53 Å². The van der Waals surface area contributed by atoms with Crippen molar-refractivity contribution in [2.75, 3.05) is 59.0 Å². The van der Waals surface area contributed by atoms with Gasteiger partial charge in [0, 0.05) is 51.7 Å². The Labute approximate surface area is 145 Å². The predicted molar refractivity (Wildman–Crippen MR) is 96.1 cm³/mol. The molecule has 0 aromatic carbocycles.